The first-order valence-electron chi connectivity index (χ1n) is 7.10. The van der Waals surface area contributed by atoms with Gasteiger partial charge in [-0.15, -0.1) is 0 Å². The minimum Gasteiger partial charge on any atom is -0.493 e. The molecule has 2 aromatic carbocycles. The standard InChI is InChI=1S/C18H20O4/c1-12-8-9-14(10-13(12)2)11-17(18(19)20)22-16-7-5-4-6-15(16)21-3/h4-10,17H,11H2,1-3H3,(H,19,20)/t17-/m1/s1. The molecule has 0 aliphatic carbocycles. The number of benzene rings is 2. The molecule has 2 aromatic rings. The Labute approximate surface area is 130 Å². The summed E-state index contributed by atoms with van der Waals surface area (Å²) >= 11 is 0. The second-order valence-corrected chi connectivity index (χ2v) is 5.22. The van der Waals surface area contributed by atoms with Gasteiger partial charge in [0, 0.05) is 6.42 Å². The van der Waals surface area contributed by atoms with Crippen LogP contribution in [-0.2, 0) is 11.2 Å². The van der Waals surface area contributed by atoms with Crippen LogP contribution >= 0.6 is 0 Å². The lowest BCUT2D eigenvalue weighted by atomic mass is 10.0. The van der Waals surface area contributed by atoms with Crippen LogP contribution in [0.1, 0.15) is 16.7 Å². The number of rotatable bonds is 6. The van der Waals surface area contributed by atoms with Gasteiger partial charge in [0.15, 0.2) is 17.6 Å². The molecule has 0 aromatic heterocycles. The lowest BCUT2D eigenvalue weighted by Crippen LogP contribution is -2.29. The summed E-state index contributed by atoms with van der Waals surface area (Å²) < 4.78 is 10.8. The van der Waals surface area contributed by atoms with Crippen molar-refractivity contribution in [2.24, 2.45) is 0 Å². The van der Waals surface area contributed by atoms with E-state index in [1.165, 1.54) is 12.7 Å². The van der Waals surface area contributed by atoms with Crippen molar-refractivity contribution in [3.8, 4) is 11.5 Å². The SMILES string of the molecule is COc1ccccc1O[C@H](Cc1ccc(C)c(C)c1)C(=O)O. The fourth-order valence-electron chi connectivity index (χ4n) is 2.19. The maximum absolute atomic E-state index is 11.5. The Bertz CT molecular complexity index is 664. The van der Waals surface area contributed by atoms with Crippen LogP contribution in [0, 0.1) is 13.8 Å². The van der Waals surface area contributed by atoms with Gasteiger partial charge in [0.25, 0.3) is 0 Å². The molecule has 0 bridgehead atoms. The Morgan fingerprint density at radius 3 is 2.36 bits per heavy atom. The van der Waals surface area contributed by atoms with E-state index in [2.05, 4.69) is 0 Å². The topological polar surface area (TPSA) is 55.8 Å². The van der Waals surface area contributed by atoms with Crippen molar-refractivity contribution in [2.45, 2.75) is 26.4 Å². The van der Waals surface area contributed by atoms with Gasteiger partial charge in [-0.25, -0.2) is 4.79 Å². The van der Waals surface area contributed by atoms with Gasteiger partial charge in [0.2, 0.25) is 0 Å². The van der Waals surface area contributed by atoms with E-state index in [9.17, 15) is 9.90 Å². The van der Waals surface area contributed by atoms with Crippen LogP contribution in [0.2, 0.25) is 0 Å². The number of carboxylic acid groups (broad SMARTS) is 1. The molecule has 0 spiro atoms. The number of ether oxygens (including phenoxy) is 2. The van der Waals surface area contributed by atoms with Crippen LogP contribution in [-0.4, -0.2) is 24.3 Å². The molecule has 4 nitrogen and oxygen atoms in total. The molecular formula is C18H20O4. The van der Waals surface area contributed by atoms with Crippen LogP contribution in [0.25, 0.3) is 0 Å². The van der Waals surface area contributed by atoms with E-state index in [0.29, 0.717) is 17.9 Å². The molecule has 0 aliphatic heterocycles. The van der Waals surface area contributed by atoms with E-state index < -0.39 is 12.1 Å². The van der Waals surface area contributed by atoms with Crippen molar-refractivity contribution in [2.75, 3.05) is 7.11 Å². The summed E-state index contributed by atoms with van der Waals surface area (Å²) in [6.07, 6.45) is -0.660. The monoisotopic (exact) mass is 300 g/mol. The highest BCUT2D eigenvalue weighted by Gasteiger charge is 2.21. The van der Waals surface area contributed by atoms with E-state index in [-0.39, 0.29) is 0 Å². The first-order valence-corrected chi connectivity index (χ1v) is 7.10. The number of aliphatic carboxylic acids is 1. The third-order valence-corrected chi connectivity index (χ3v) is 3.61. The van der Waals surface area contributed by atoms with Gasteiger partial charge in [-0.3, -0.25) is 0 Å². The van der Waals surface area contributed by atoms with Crippen molar-refractivity contribution in [1.82, 2.24) is 0 Å². The first-order chi connectivity index (χ1) is 10.5. The van der Waals surface area contributed by atoms with E-state index >= 15 is 0 Å². The van der Waals surface area contributed by atoms with Crippen molar-refractivity contribution in [1.29, 1.82) is 0 Å². The second-order valence-electron chi connectivity index (χ2n) is 5.22. The fraction of sp³-hybridized carbons (Fsp3) is 0.278. The summed E-state index contributed by atoms with van der Waals surface area (Å²) in [4.78, 5) is 11.5. The highest BCUT2D eigenvalue weighted by molar-refractivity contribution is 5.73. The zero-order valence-corrected chi connectivity index (χ0v) is 13.0. The molecule has 1 N–H and O–H groups in total. The van der Waals surface area contributed by atoms with Crippen molar-refractivity contribution in [3.05, 3.63) is 59.2 Å². The molecule has 116 valence electrons. The highest BCUT2D eigenvalue weighted by Crippen LogP contribution is 2.27. The normalized spacial score (nSPS) is 11.8. The maximum atomic E-state index is 11.5. The zero-order chi connectivity index (χ0) is 16.1. The van der Waals surface area contributed by atoms with Crippen LogP contribution < -0.4 is 9.47 Å². The number of para-hydroxylation sites is 2. The Morgan fingerprint density at radius 1 is 1.09 bits per heavy atom. The fourth-order valence-corrected chi connectivity index (χ4v) is 2.19. The molecule has 0 saturated carbocycles. The minimum absolute atomic E-state index is 0.300. The van der Waals surface area contributed by atoms with Crippen molar-refractivity contribution < 1.29 is 19.4 Å². The molecular weight excluding hydrogens is 280 g/mol. The zero-order valence-electron chi connectivity index (χ0n) is 13.0. The summed E-state index contributed by atoms with van der Waals surface area (Å²) in [6, 6.07) is 13.0. The minimum atomic E-state index is -0.996. The summed E-state index contributed by atoms with van der Waals surface area (Å²) in [7, 11) is 1.53. The van der Waals surface area contributed by atoms with Crippen LogP contribution in [0.5, 0.6) is 11.5 Å². The second kappa shape index (κ2) is 6.98. The Hall–Kier alpha value is -2.49. The molecule has 4 heteroatoms. The van der Waals surface area contributed by atoms with Gasteiger partial charge in [-0.1, -0.05) is 30.3 Å². The largest absolute Gasteiger partial charge is 0.493 e. The number of methoxy groups -OCH3 is 1. The quantitative estimate of drug-likeness (QED) is 0.888. The summed E-state index contributed by atoms with van der Waals surface area (Å²) in [5, 5.41) is 9.42. The predicted octanol–water partition coefficient (Wildman–Crippen LogP) is 3.39. The molecule has 1 atom stereocenters. The lowest BCUT2D eigenvalue weighted by Gasteiger charge is -2.17. The molecule has 0 aliphatic rings. The van der Waals surface area contributed by atoms with E-state index in [0.717, 1.165) is 11.1 Å². The Kier molecular flexibility index (Phi) is 5.04. The average molecular weight is 300 g/mol. The van der Waals surface area contributed by atoms with Crippen LogP contribution in [0.3, 0.4) is 0 Å². The van der Waals surface area contributed by atoms with Crippen molar-refractivity contribution in [3.63, 3.8) is 0 Å². The molecule has 2 rings (SSSR count). The molecule has 0 saturated heterocycles. The Morgan fingerprint density at radius 2 is 1.77 bits per heavy atom. The molecule has 22 heavy (non-hydrogen) atoms. The first kappa shape index (κ1) is 15.9. The molecule has 0 fully saturated rings. The highest BCUT2D eigenvalue weighted by atomic mass is 16.5. The maximum Gasteiger partial charge on any atom is 0.345 e. The van der Waals surface area contributed by atoms with E-state index in [4.69, 9.17) is 9.47 Å². The van der Waals surface area contributed by atoms with Gasteiger partial charge in [-0.2, -0.15) is 0 Å². The number of hydrogen-bond acceptors (Lipinski definition) is 3. The van der Waals surface area contributed by atoms with Gasteiger partial charge < -0.3 is 14.6 Å². The summed E-state index contributed by atoms with van der Waals surface area (Å²) in [6.45, 7) is 4.04. The lowest BCUT2D eigenvalue weighted by molar-refractivity contribution is -0.145. The molecule has 0 amide bonds. The van der Waals surface area contributed by atoms with Crippen molar-refractivity contribution >= 4 is 5.97 Å². The van der Waals surface area contributed by atoms with E-state index in [1.807, 2.05) is 38.1 Å². The summed E-state index contributed by atoms with van der Waals surface area (Å²) in [5.74, 6) is -0.0424. The molecule has 0 unspecified atom stereocenters. The number of hydrogen-bond donors (Lipinski definition) is 1. The number of carboxylic acids is 1. The average Bonchev–Trinajstić information content (AvgIpc) is 2.50. The Balaban J connectivity index is 2.20. The van der Waals surface area contributed by atoms with Gasteiger partial charge in [-0.05, 0) is 42.7 Å². The third-order valence-electron chi connectivity index (χ3n) is 3.61. The van der Waals surface area contributed by atoms with Gasteiger partial charge in [0.05, 0.1) is 7.11 Å². The van der Waals surface area contributed by atoms with Gasteiger partial charge in [0.1, 0.15) is 0 Å². The predicted molar refractivity (Wildman–Crippen MR) is 84.7 cm³/mol. The van der Waals surface area contributed by atoms with Crippen LogP contribution in [0.4, 0.5) is 0 Å². The third kappa shape index (κ3) is 3.79. The molecule has 0 heterocycles. The summed E-state index contributed by atoms with van der Waals surface area (Å²) in [5.41, 5.74) is 3.26. The van der Waals surface area contributed by atoms with Crippen LogP contribution in [0.15, 0.2) is 42.5 Å². The van der Waals surface area contributed by atoms with Gasteiger partial charge >= 0.3 is 5.97 Å². The number of carbonyl (C=O) groups is 1. The number of aryl methyl sites for hydroxylation is 2. The van der Waals surface area contributed by atoms with E-state index in [1.54, 1.807) is 18.2 Å². The smallest absolute Gasteiger partial charge is 0.345 e. The molecule has 0 radical (unpaired) electrons.